The lowest BCUT2D eigenvalue weighted by atomic mass is 10.1. The summed E-state index contributed by atoms with van der Waals surface area (Å²) >= 11 is 0. The maximum Gasteiger partial charge on any atom is 0.471 e. The quantitative estimate of drug-likeness (QED) is 0.775. The highest BCUT2D eigenvalue weighted by molar-refractivity contribution is 6.01. The minimum Gasteiger partial charge on any atom is -0.491 e. The van der Waals surface area contributed by atoms with E-state index in [0.717, 1.165) is 0 Å². The number of amides is 2. The van der Waals surface area contributed by atoms with Gasteiger partial charge in [0.2, 0.25) is 17.6 Å². The van der Waals surface area contributed by atoms with E-state index in [0.29, 0.717) is 36.4 Å². The van der Waals surface area contributed by atoms with Crippen LogP contribution in [0.1, 0.15) is 17.9 Å². The first kappa shape index (κ1) is 18.3. The largest absolute Gasteiger partial charge is 0.491 e. The molecular weight excluding hydrogens is 381 g/mol. The van der Waals surface area contributed by atoms with Gasteiger partial charge in [-0.1, -0.05) is 17.3 Å². The standard InChI is InChI=1S/C17H15F3N4O4/c18-17(19,20)16-22-13(23-28-16)9-1-2-10-8-24(5-6-27-12(10)7-9)15(26)11-3-4-21-14(11)25/h1-2,7,11H,3-6,8H2,(H,21,25)/t11-/m0/s1. The molecule has 0 unspecified atom stereocenters. The van der Waals surface area contributed by atoms with Gasteiger partial charge in [-0.2, -0.15) is 18.2 Å². The van der Waals surface area contributed by atoms with Crippen LogP contribution in [0, 0.1) is 5.92 Å². The van der Waals surface area contributed by atoms with Gasteiger partial charge in [0.25, 0.3) is 0 Å². The number of carbonyl (C=O) groups excluding carboxylic acids is 2. The lowest BCUT2D eigenvalue weighted by Gasteiger charge is -2.22. The van der Waals surface area contributed by atoms with Crippen LogP contribution in [-0.2, 0) is 22.3 Å². The summed E-state index contributed by atoms with van der Waals surface area (Å²) in [6, 6.07) is 4.68. The van der Waals surface area contributed by atoms with Crippen molar-refractivity contribution in [2.45, 2.75) is 19.1 Å². The molecule has 0 radical (unpaired) electrons. The van der Waals surface area contributed by atoms with E-state index in [1.807, 2.05) is 0 Å². The average molecular weight is 396 g/mol. The summed E-state index contributed by atoms with van der Waals surface area (Å²) in [4.78, 5) is 29.3. The van der Waals surface area contributed by atoms with Crippen molar-refractivity contribution in [3.8, 4) is 17.1 Å². The zero-order chi connectivity index (χ0) is 19.9. The fourth-order valence-corrected chi connectivity index (χ4v) is 3.20. The van der Waals surface area contributed by atoms with E-state index < -0.39 is 18.0 Å². The summed E-state index contributed by atoms with van der Waals surface area (Å²) in [5.41, 5.74) is 0.973. The predicted octanol–water partition coefficient (Wildman–Crippen LogP) is 1.61. The lowest BCUT2D eigenvalue weighted by molar-refractivity contribution is -0.159. The number of alkyl halides is 3. The van der Waals surface area contributed by atoms with Gasteiger partial charge in [0.05, 0.1) is 6.54 Å². The Labute approximate surface area is 156 Å². The smallest absolute Gasteiger partial charge is 0.471 e. The highest BCUT2D eigenvalue weighted by atomic mass is 19.4. The molecule has 4 rings (SSSR count). The maximum absolute atomic E-state index is 12.6. The second-order valence-electron chi connectivity index (χ2n) is 6.48. The van der Waals surface area contributed by atoms with Gasteiger partial charge in [-0.3, -0.25) is 9.59 Å². The van der Waals surface area contributed by atoms with Gasteiger partial charge in [0, 0.05) is 24.2 Å². The van der Waals surface area contributed by atoms with E-state index in [-0.39, 0.29) is 30.8 Å². The van der Waals surface area contributed by atoms with Gasteiger partial charge in [-0.15, -0.1) is 0 Å². The van der Waals surface area contributed by atoms with Crippen molar-refractivity contribution >= 4 is 11.8 Å². The van der Waals surface area contributed by atoms with Crippen molar-refractivity contribution < 1.29 is 32.0 Å². The number of benzene rings is 1. The minimum atomic E-state index is -4.72. The predicted molar refractivity (Wildman–Crippen MR) is 86.8 cm³/mol. The number of fused-ring (bicyclic) bond motifs is 1. The Morgan fingerprint density at radius 2 is 2.14 bits per heavy atom. The van der Waals surface area contributed by atoms with Crippen molar-refractivity contribution in [2.75, 3.05) is 19.7 Å². The number of nitrogens with zero attached hydrogens (tertiary/aromatic N) is 3. The number of hydrogen-bond acceptors (Lipinski definition) is 6. The van der Waals surface area contributed by atoms with Crippen molar-refractivity contribution in [2.24, 2.45) is 5.92 Å². The summed E-state index contributed by atoms with van der Waals surface area (Å²) in [5, 5.41) is 6.00. The summed E-state index contributed by atoms with van der Waals surface area (Å²) < 4.78 is 47.8. The second kappa shape index (κ2) is 6.80. The molecule has 1 atom stereocenters. The molecule has 2 aliphatic heterocycles. The molecule has 2 amide bonds. The number of aromatic nitrogens is 2. The molecule has 1 aromatic heterocycles. The van der Waals surface area contributed by atoms with E-state index in [1.54, 1.807) is 11.0 Å². The monoisotopic (exact) mass is 396 g/mol. The number of carbonyl (C=O) groups is 2. The number of hydrogen-bond donors (Lipinski definition) is 1. The van der Waals surface area contributed by atoms with Crippen molar-refractivity contribution in [3.63, 3.8) is 0 Å². The van der Waals surface area contributed by atoms with Crippen LogP contribution in [0.4, 0.5) is 13.2 Å². The molecule has 148 valence electrons. The summed E-state index contributed by atoms with van der Waals surface area (Å²) in [5.74, 6) is -2.45. The fraction of sp³-hybridized carbons (Fsp3) is 0.412. The van der Waals surface area contributed by atoms with Crippen LogP contribution in [0.3, 0.4) is 0 Å². The minimum absolute atomic E-state index is 0.191. The third-order valence-corrected chi connectivity index (χ3v) is 4.63. The molecule has 11 heteroatoms. The van der Waals surface area contributed by atoms with Crippen LogP contribution in [-0.4, -0.2) is 46.6 Å². The maximum atomic E-state index is 12.6. The van der Waals surface area contributed by atoms with Gasteiger partial charge in [-0.05, 0) is 12.5 Å². The summed E-state index contributed by atoms with van der Waals surface area (Å²) in [7, 11) is 0. The number of nitrogens with one attached hydrogen (secondary N) is 1. The van der Waals surface area contributed by atoms with Crippen LogP contribution in [0.25, 0.3) is 11.4 Å². The highest BCUT2D eigenvalue weighted by Gasteiger charge is 2.39. The van der Waals surface area contributed by atoms with Gasteiger partial charge in [-0.25, -0.2) is 0 Å². The van der Waals surface area contributed by atoms with Crippen molar-refractivity contribution in [1.29, 1.82) is 0 Å². The van der Waals surface area contributed by atoms with Gasteiger partial charge >= 0.3 is 12.1 Å². The van der Waals surface area contributed by atoms with E-state index in [1.165, 1.54) is 12.1 Å². The molecule has 2 aromatic rings. The molecule has 0 saturated carbocycles. The van der Waals surface area contributed by atoms with Gasteiger partial charge in [0.1, 0.15) is 18.3 Å². The molecule has 0 aliphatic carbocycles. The summed E-state index contributed by atoms with van der Waals surface area (Å²) in [6.07, 6.45) is -4.26. The van der Waals surface area contributed by atoms with E-state index in [9.17, 15) is 22.8 Å². The second-order valence-corrected chi connectivity index (χ2v) is 6.48. The average Bonchev–Trinajstić information content (AvgIpc) is 3.25. The zero-order valence-electron chi connectivity index (χ0n) is 14.5. The molecule has 28 heavy (non-hydrogen) atoms. The molecule has 3 heterocycles. The molecule has 1 saturated heterocycles. The van der Waals surface area contributed by atoms with Crippen LogP contribution >= 0.6 is 0 Å². The van der Waals surface area contributed by atoms with E-state index in [4.69, 9.17) is 4.74 Å². The number of rotatable bonds is 2. The Morgan fingerprint density at radius 3 is 2.82 bits per heavy atom. The molecule has 0 spiro atoms. The molecule has 1 N–H and O–H groups in total. The molecule has 0 bridgehead atoms. The first-order valence-corrected chi connectivity index (χ1v) is 8.56. The highest BCUT2D eigenvalue weighted by Crippen LogP contribution is 2.32. The third-order valence-electron chi connectivity index (χ3n) is 4.63. The van der Waals surface area contributed by atoms with Crippen LogP contribution < -0.4 is 10.1 Å². The molecule has 2 aliphatic rings. The number of halogens is 3. The van der Waals surface area contributed by atoms with Gasteiger partial charge in [0.15, 0.2) is 0 Å². The van der Waals surface area contributed by atoms with Crippen LogP contribution in [0.15, 0.2) is 22.7 Å². The zero-order valence-corrected chi connectivity index (χ0v) is 14.5. The Morgan fingerprint density at radius 1 is 1.32 bits per heavy atom. The third kappa shape index (κ3) is 3.39. The van der Waals surface area contributed by atoms with Gasteiger partial charge < -0.3 is 19.5 Å². The topological polar surface area (TPSA) is 97.6 Å². The SMILES string of the molecule is O=C1NCC[C@@H]1C(=O)N1CCOc2cc(-c3noc(C(F)(F)F)n3)ccc2C1. The first-order valence-electron chi connectivity index (χ1n) is 8.56. The Kier molecular flexibility index (Phi) is 4.44. The van der Waals surface area contributed by atoms with Crippen molar-refractivity contribution in [1.82, 2.24) is 20.4 Å². The fourth-order valence-electron chi connectivity index (χ4n) is 3.20. The van der Waals surface area contributed by atoms with Crippen LogP contribution in [0.5, 0.6) is 5.75 Å². The lowest BCUT2D eigenvalue weighted by Crippen LogP contribution is -2.39. The Balaban J connectivity index is 1.55. The molecule has 1 aromatic carbocycles. The first-order chi connectivity index (χ1) is 13.3. The van der Waals surface area contributed by atoms with E-state index >= 15 is 0 Å². The molecule has 8 nitrogen and oxygen atoms in total. The van der Waals surface area contributed by atoms with E-state index in [2.05, 4.69) is 20.0 Å². The van der Waals surface area contributed by atoms with Crippen molar-refractivity contribution in [3.05, 3.63) is 29.7 Å². The number of ether oxygens (including phenoxy) is 1. The van der Waals surface area contributed by atoms with Crippen LogP contribution in [0.2, 0.25) is 0 Å². The normalized spacial score (nSPS) is 19.6. The molecule has 1 fully saturated rings. The summed E-state index contributed by atoms with van der Waals surface area (Å²) in [6.45, 7) is 1.20. The Bertz CT molecular complexity index is 927. The Hall–Kier alpha value is -3.11. The molecular formula is C17H15F3N4O4.